The highest BCUT2D eigenvalue weighted by molar-refractivity contribution is 7.99. The van der Waals surface area contributed by atoms with Crippen LogP contribution in [0.5, 0.6) is 0 Å². The van der Waals surface area contributed by atoms with Gasteiger partial charge >= 0.3 is 0 Å². The second-order valence-electron chi connectivity index (χ2n) is 5.38. The van der Waals surface area contributed by atoms with Crippen LogP contribution in [-0.2, 0) is 11.3 Å². The summed E-state index contributed by atoms with van der Waals surface area (Å²) in [7, 11) is 0. The molecular formula is C15H21NOS. The van der Waals surface area contributed by atoms with Crippen LogP contribution in [0.25, 0.3) is 0 Å². The maximum absolute atomic E-state index is 5.66. The molecule has 0 saturated heterocycles. The number of hydrogen-bond acceptors (Lipinski definition) is 3. The molecule has 0 aliphatic heterocycles. The van der Waals surface area contributed by atoms with Gasteiger partial charge in [-0.05, 0) is 49.3 Å². The van der Waals surface area contributed by atoms with E-state index in [1.807, 2.05) is 0 Å². The predicted octanol–water partition coefficient (Wildman–Crippen LogP) is 3.41. The van der Waals surface area contributed by atoms with Gasteiger partial charge in [-0.1, -0.05) is 23.9 Å². The van der Waals surface area contributed by atoms with Crippen molar-refractivity contribution in [2.75, 3.05) is 12.5 Å². The highest BCUT2D eigenvalue weighted by atomic mass is 32.2. The first-order valence-electron chi connectivity index (χ1n) is 6.93. The molecule has 98 valence electrons. The Morgan fingerprint density at radius 3 is 2.89 bits per heavy atom. The first kappa shape index (κ1) is 12.5. The van der Waals surface area contributed by atoms with Crippen molar-refractivity contribution in [1.29, 1.82) is 0 Å². The van der Waals surface area contributed by atoms with Crippen LogP contribution < -0.4 is 5.32 Å². The van der Waals surface area contributed by atoms with Gasteiger partial charge in [-0.3, -0.25) is 0 Å². The average Bonchev–Trinajstić information content (AvgIpc) is 3.27. The Labute approximate surface area is 113 Å². The van der Waals surface area contributed by atoms with Crippen LogP contribution >= 0.6 is 11.8 Å². The summed E-state index contributed by atoms with van der Waals surface area (Å²) in [5.41, 5.74) is 1.38. The number of benzene rings is 1. The van der Waals surface area contributed by atoms with E-state index < -0.39 is 0 Å². The maximum atomic E-state index is 5.66. The van der Waals surface area contributed by atoms with Crippen molar-refractivity contribution in [3.8, 4) is 0 Å². The number of ether oxygens (including phenoxy) is 1. The molecule has 3 rings (SSSR count). The summed E-state index contributed by atoms with van der Waals surface area (Å²) in [5, 5.41) is 3.55. The molecule has 1 aromatic rings. The molecule has 2 aliphatic rings. The molecule has 0 bridgehead atoms. The summed E-state index contributed by atoms with van der Waals surface area (Å²) in [6.45, 7) is 1.96. The van der Waals surface area contributed by atoms with E-state index in [1.54, 1.807) is 11.8 Å². The molecule has 0 heterocycles. The number of nitrogens with one attached hydrogen (secondary N) is 1. The molecule has 2 aliphatic carbocycles. The molecule has 0 atom stereocenters. The van der Waals surface area contributed by atoms with E-state index in [1.165, 1.54) is 36.1 Å². The fourth-order valence-corrected chi connectivity index (χ4v) is 2.63. The quantitative estimate of drug-likeness (QED) is 0.441. The SMILES string of the molecule is c1cc(CNC2CC2)cc(SCOCC2CC2)c1. The molecule has 0 spiro atoms. The summed E-state index contributed by atoms with van der Waals surface area (Å²) < 4.78 is 5.66. The van der Waals surface area contributed by atoms with E-state index in [-0.39, 0.29) is 0 Å². The van der Waals surface area contributed by atoms with Crippen LogP contribution in [0.15, 0.2) is 29.2 Å². The highest BCUT2D eigenvalue weighted by Gasteiger charge is 2.21. The molecule has 1 N–H and O–H groups in total. The first-order valence-corrected chi connectivity index (χ1v) is 7.91. The Morgan fingerprint density at radius 1 is 1.22 bits per heavy atom. The lowest BCUT2D eigenvalue weighted by atomic mass is 10.2. The number of thioether (sulfide) groups is 1. The van der Waals surface area contributed by atoms with Crippen LogP contribution in [0, 0.1) is 5.92 Å². The molecule has 2 nitrogen and oxygen atoms in total. The monoisotopic (exact) mass is 263 g/mol. The fourth-order valence-electron chi connectivity index (χ4n) is 1.90. The lowest BCUT2D eigenvalue weighted by Crippen LogP contribution is -2.15. The van der Waals surface area contributed by atoms with Crippen LogP contribution in [0.2, 0.25) is 0 Å². The van der Waals surface area contributed by atoms with Crippen molar-refractivity contribution in [1.82, 2.24) is 5.32 Å². The van der Waals surface area contributed by atoms with Crippen molar-refractivity contribution < 1.29 is 4.74 Å². The van der Waals surface area contributed by atoms with Gasteiger partial charge in [0.2, 0.25) is 0 Å². The van der Waals surface area contributed by atoms with Crippen LogP contribution in [-0.4, -0.2) is 18.6 Å². The van der Waals surface area contributed by atoms with Crippen LogP contribution in [0.1, 0.15) is 31.2 Å². The molecule has 3 heteroatoms. The van der Waals surface area contributed by atoms with E-state index in [0.717, 1.165) is 31.1 Å². The topological polar surface area (TPSA) is 21.3 Å². The first-order chi connectivity index (χ1) is 8.90. The van der Waals surface area contributed by atoms with Crippen molar-refractivity contribution in [3.63, 3.8) is 0 Å². The Morgan fingerprint density at radius 2 is 2.11 bits per heavy atom. The van der Waals surface area contributed by atoms with Gasteiger partial charge in [-0.15, -0.1) is 0 Å². The Kier molecular flexibility index (Phi) is 4.24. The average molecular weight is 263 g/mol. The molecule has 0 amide bonds. The van der Waals surface area contributed by atoms with E-state index in [0.29, 0.717) is 0 Å². The molecule has 0 radical (unpaired) electrons. The third-order valence-electron chi connectivity index (χ3n) is 3.43. The van der Waals surface area contributed by atoms with Crippen molar-refractivity contribution in [2.24, 2.45) is 5.92 Å². The largest absolute Gasteiger partial charge is 0.370 e. The van der Waals surface area contributed by atoms with Gasteiger partial charge in [0.1, 0.15) is 0 Å². The highest BCUT2D eigenvalue weighted by Crippen LogP contribution is 2.29. The van der Waals surface area contributed by atoms with Gasteiger partial charge < -0.3 is 10.1 Å². The molecule has 1 aromatic carbocycles. The zero-order chi connectivity index (χ0) is 12.2. The second-order valence-corrected chi connectivity index (χ2v) is 6.37. The van der Waals surface area contributed by atoms with Gasteiger partial charge in [0.15, 0.2) is 0 Å². The van der Waals surface area contributed by atoms with Crippen LogP contribution in [0.4, 0.5) is 0 Å². The van der Waals surface area contributed by atoms with E-state index >= 15 is 0 Å². The second kappa shape index (κ2) is 6.09. The van der Waals surface area contributed by atoms with Gasteiger partial charge in [0.05, 0.1) is 12.5 Å². The van der Waals surface area contributed by atoms with Crippen molar-refractivity contribution >= 4 is 11.8 Å². The summed E-state index contributed by atoms with van der Waals surface area (Å²) in [6.07, 6.45) is 5.44. The summed E-state index contributed by atoms with van der Waals surface area (Å²) >= 11 is 1.80. The Balaban J connectivity index is 1.40. The summed E-state index contributed by atoms with van der Waals surface area (Å²) in [4.78, 5) is 1.32. The van der Waals surface area contributed by atoms with Crippen molar-refractivity contribution in [3.05, 3.63) is 29.8 Å². The predicted molar refractivity (Wildman–Crippen MR) is 75.7 cm³/mol. The Bertz CT molecular complexity index is 388. The lowest BCUT2D eigenvalue weighted by molar-refractivity contribution is 0.171. The number of hydrogen-bond donors (Lipinski definition) is 1. The van der Waals surface area contributed by atoms with Gasteiger partial charge in [0, 0.05) is 17.5 Å². The zero-order valence-corrected chi connectivity index (χ0v) is 11.5. The standard InChI is InChI=1S/C15H21NOS/c1-2-13(9-16-14-6-7-14)8-15(3-1)18-11-17-10-12-4-5-12/h1-3,8,12,14,16H,4-7,9-11H2. The minimum absolute atomic E-state index is 0.781. The smallest absolute Gasteiger partial charge is 0.0967 e. The minimum atomic E-state index is 0.781. The molecular weight excluding hydrogens is 242 g/mol. The van der Waals surface area contributed by atoms with Gasteiger partial charge in [-0.25, -0.2) is 0 Å². The summed E-state index contributed by atoms with van der Waals surface area (Å²) in [5.74, 6) is 1.65. The van der Waals surface area contributed by atoms with Crippen molar-refractivity contribution in [2.45, 2.75) is 43.2 Å². The maximum Gasteiger partial charge on any atom is 0.0967 e. The van der Waals surface area contributed by atoms with Crippen LogP contribution in [0.3, 0.4) is 0 Å². The fraction of sp³-hybridized carbons (Fsp3) is 0.600. The lowest BCUT2D eigenvalue weighted by Gasteiger charge is -2.06. The van der Waals surface area contributed by atoms with E-state index in [9.17, 15) is 0 Å². The molecule has 18 heavy (non-hydrogen) atoms. The third kappa shape index (κ3) is 4.30. The zero-order valence-electron chi connectivity index (χ0n) is 10.7. The molecule has 2 saturated carbocycles. The van der Waals surface area contributed by atoms with Gasteiger partial charge in [0.25, 0.3) is 0 Å². The third-order valence-corrected chi connectivity index (χ3v) is 4.30. The molecule has 0 unspecified atom stereocenters. The van der Waals surface area contributed by atoms with E-state index in [4.69, 9.17) is 4.74 Å². The normalized spacial score (nSPS) is 19.1. The molecule has 0 aromatic heterocycles. The summed E-state index contributed by atoms with van der Waals surface area (Å²) in [6, 6.07) is 9.58. The number of rotatable bonds is 8. The van der Waals surface area contributed by atoms with E-state index in [2.05, 4.69) is 29.6 Å². The minimum Gasteiger partial charge on any atom is -0.370 e. The van der Waals surface area contributed by atoms with Gasteiger partial charge in [-0.2, -0.15) is 0 Å². The Hall–Kier alpha value is -0.510. The molecule has 2 fully saturated rings.